The average molecular weight is 514 g/mol. The van der Waals surface area contributed by atoms with Gasteiger partial charge in [0.15, 0.2) is 6.10 Å². The monoisotopic (exact) mass is 513 g/mol. The summed E-state index contributed by atoms with van der Waals surface area (Å²) in [7, 11) is 1.22. The van der Waals surface area contributed by atoms with Crippen molar-refractivity contribution in [3.05, 3.63) is 72.4 Å². The van der Waals surface area contributed by atoms with Crippen LogP contribution in [0.2, 0.25) is 0 Å². The molecule has 9 nitrogen and oxygen atoms in total. The summed E-state index contributed by atoms with van der Waals surface area (Å²) >= 11 is 0. The van der Waals surface area contributed by atoms with E-state index in [0.29, 0.717) is 6.54 Å². The van der Waals surface area contributed by atoms with Crippen molar-refractivity contribution in [1.29, 1.82) is 0 Å². The molecule has 1 aromatic rings. The molecule has 2 aliphatic rings. The lowest BCUT2D eigenvalue weighted by atomic mass is 9.94. The summed E-state index contributed by atoms with van der Waals surface area (Å²) in [6.07, 6.45) is 4.49. The molecule has 9 heteroatoms. The molecule has 0 radical (unpaired) electrons. The number of amides is 2. The normalized spacial score (nSPS) is 25.6. The van der Waals surface area contributed by atoms with Gasteiger partial charge in [0, 0.05) is 20.2 Å². The third-order valence-corrected chi connectivity index (χ3v) is 6.43. The Hall–Kier alpha value is -2.82. The largest absolute Gasteiger partial charge is 0.387 e. The number of aliphatic hydroxyl groups excluding tert-OH is 3. The topological polar surface area (TPSA) is 131 Å². The SMILES string of the molecule is CO[C@@H](C(=O)N[C@H]1CN(Cc2ccccc2)C2C=CC=CC2NC1=O)[C@H](O)[C@@H](O)[C@H](O)/C=C/C(C)(C)C. The molecular formula is C28H39N3O6. The number of benzene rings is 1. The second-order valence-corrected chi connectivity index (χ2v) is 10.6. The minimum absolute atomic E-state index is 0.105. The Morgan fingerprint density at radius 1 is 1.16 bits per heavy atom. The van der Waals surface area contributed by atoms with Crippen LogP contribution in [0, 0.1) is 5.41 Å². The third kappa shape index (κ3) is 7.83. The van der Waals surface area contributed by atoms with Crippen LogP contribution in [0.25, 0.3) is 0 Å². The molecule has 1 aliphatic heterocycles. The number of fused-ring (bicyclic) bond motifs is 1. The van der Waals surface area contributed by atoms with Gasteiger partial charge in [0.05, 0.1) is 12.1 Å². The molecule has 37 heavy (non-hydrogen) atoms. The van der Waals surface area contributed by atoms with Crippen LogP contribution in [-0.2, 0) is 20.9 Å². The molecule has 2 unspecified atom stereocenters. The van der Waals surface area contributed by atoms with Gasteiger partial charge in [-0.2, -0.15) is 0 Å². The molecule has 0 bridgehead atoms. The van der Waals surface area contributed by atoms with Gasteiger partial charge in [-0.25, -0.2) is 0 Å². The number of carbonyl (C=O) groups excluding carboxylic acids is 2. The minimum atomic E-state index is -1.73. The van der Waals surface area contributed by atoms with Crippen molar-refractivity contribution in [1.82, 2.24) is 15.5 Å². The van der Waals surface area contributed by atoms with E-state index in [0.717, 1.165) is 5.56 Å². The molecule has 0 spiro atoms. The summed E-state index contributed by atoms with van der Waals surface area (Å²) < 4.78 is 5.19. The molecule has 0 aromatic heterocycles. The fourth-order valence-corrected chi connectivity index (χ4v) is 4.42. The predicted octanol–water partition coefficient (Wildman–Crippen LogP) is 0.666. The Morgan fingerprint density at radius 3 is 2.49 bits per heavy atom. The molecule has 3 rings (SSSR count). The zero-order chi connectivity index (χ0) is 27.2. The molecule has 1 heterocycles. The molecule has 7 atom stereocenters. The fraction of sp³-hybridized carbons (Fsp3) is 0.500. The average Bonchev–Trinajstić information content (AvgIpc) is 2.98. The Kier molecular flexibility index (Phi) is 9.80. The van der Waals surface area contributed by atoms with E-state index in [1.54, 1.807) is 6.08 Å². The number of carbonyl (C=O) groups is 2. The highest BCUT2D eigenvalue weighted by Crippen LogP contribution is 2.21. The van der Waals surface area contributed by atoms with Crippen molar-refractivity contribution in [2.45, 2.75) is 69.9 Å². The van der Waals surface area contributed by atoms with Crippen LogP contribution in [0.1, 0.15) is 26.3 Å². The van der Waals surface area contributed by atoms with Gasteiger partial charge in [0.25, 0.3) is 5.91 Å². The fourth-order valence-electron chi connectivity index (χ4n) is 4.42. The summed E-state index contributed by atoms with van der Waals surface area (Å²) in [6.45, 7) is 6.54. The van der Waals surface area contributed by atoms with Gasteiger partial charge in [0.1, 0.15) is 24.4 Å². The van der Waals surface area contributed by atoms with Crippen LogP contribution < -0.4 is 10.6 Å². The highest BCUT2D eigenvalue weighted by molar-refractivity contribution is 5.90. The number of methoxy groups -OCH3 is 1. The van der Waals surface area contributed by atoms with Crippen LogP contribution >= 0.6 is 0 Å². The van der Waals surface area contributed by atoms with Crippen LogP contribution in [0.4, 0.5) is 0 Å². The van der Waals surface area contributed by atoms with Gasteiger partial charge >= 0.3 is 0 Å². The van der Waals surface area contributed by atoms with E-state index >= 15 is 0 Å². The Bertz CT molecular complexity index is 1000. The Labute approximate surface area is 218 Å². The molecule has 0 saturated carbocycles. The van der Waals surface area contributed by atoms with E-state index in [9.17, 15) is 24.9 Å². The second kappa shape index (κ2) is 12.6. The molecule has 1 saturated heterocycles. The van der Waals surface area contributed by atoms with Crippen molar-refractivity contribution in [3.8, 4) is 0 Å². The maximum Gasteiger partial charge on any atom is 0.252 e. The Morgan fingerprint density at radius 2 is 1.84 bits per heavy atom. The summed E-state index contributed by atoms with van der Waals surface area (Å²) in [5, 5.41) is 37.1. The highest BCUT2D eigenvalue weighted by atomic mass is 16.5. The smallest absolute Gasteiger partial charge is 0.252 e. The first-order chi connectivity index (χ1) is 17.5. The zero-order valence-corrected chi connectivity index (χ0v) is 21.8. The summed E-state index contributed by atoms with van der Waals surface area (Å²) in [5.41, 5.74) is 0.818. The standard InChI is InChI=1S/C28H39N3O6/c1-28(2,3)15-14-22(32)23(33)24(34)25(37-4)27(36)30-20-17-31(16-18-10-6-5-7-11-18)21-13-9-8-12-19(21)29-26(20)35/h5-15,19-25,32-34H,16-17H2,1-4H3,(H,29,35)(H,30,36)/b15-14+/t19?,20-,21?,22+,23-,24+,25+/m0/s1. The van der Waals surface area contributed by atoms with Crippen LogP contribution in [-0.4, -0.2) is 88.2 Å². The van der Waals surface area contributed by atoms with Crippen LogP contribution in [0.5, 0.6) is 0 Å². The molecule has 1 aliphatic carbocycles. The number of rotatable bonds is 9. The van der Waals surface area contributed by atoms with Gasteiger partial charge in [0.2, 0.25) is 5.91 Å². The van der Waals surface area contributed by atoms with Crippen molar-refractivity contribution >= 4 is 11.8 Å². The van der Waals surface area contributed by atoms with Crippen molar-refractivity contribution in [3.63, 3.8) is 0 Å². The number of nitrogens with zero attached hydrogens (tertiary/aromatic N) is 1. The molecule has 1 aromatic carbocycles. The predicted molar refractivity (Wildman–Crippen MR) is 140 cm³/mol. The van der Waals surface area contributed by atoms with E-state index in [1.807, 2.05) is 75.4 Å². The number of allylic oxidation sites excluding steroid dienone is 3. The van der Waals surface area contributed by atoms with E-state index in [2.05, 4.69) is 15.5 Å². The van der Waals surface area contributed by atoms with E-state index in [4.69, 9.17) is 4.74 Å². The number of hydrogen-bond donors (Lipinski definition) is 5. The Balaban J connectivity index is 1.74. The molecule has 1 fully saturated rings. The van der Waals surface area contributed by atoms with Gasteiger partial charge in [-0.3, -0.25) is 14.5 Å². The van der Waals surface area contributed by atoms with Gasteiger partial charge in [-0.15, -0.1) is 0 Å². The maximum atomic E-state index is 13.1. The van der Waals surface area contributed by atoms with Crippen LogP contribution in [0.3, 0.4) is 0 Å². The van der Waals surface area contributed by atoms with Crippen molar-refractivity contribution in [2.24, 2.45) is 5.41 Å². The summed E-state index contributed by atoms with van der Waals surface area (Å²) in [6, 6.07) is 8.54. The quantitative estimate of drug-likeness (QED) is 0.307. The zero-order valence-electron chi connectivity index (χ0n) is 21.8. The van der Waals surface area contributed by atoms with Gasteiger partial charge < -0.3 is 30.7 Å². The first-order valence-electron chi connectivity index (χ1n) is 12.5. The molecule has 5 N–H and O–H groups in total. The first kappa shape index (κ1) is 28.7. The van der Waals surface area contributed by atoms with Gasteiger partial charge in [-0.1, -0.05) is 87.6 Å². The van der Waals surface area contributed by atoms with Crippen LogP contribution in [0.15, 0.2) is 66.8 Å². The lowest BCUT2D eigenvalue weighted by Crippen LogP contribution is -2.57. The van der Waals surface area contributed by atoms with E-state index in [-0.39, 0.29) is 30.0 Å². The molecular weight excluding hydrogens is 474 g/mol. The lowest BCUT2D eigenvalue weighted by molar-refractivity contribution is -0.150. The third-order valence-electron chi connectivity index (χ3n) is 6.43. The molecule has 2 amide bonds. The highest BCUT2D eigenvalue weighted by Gasteiger charge is 2.40. The lowest BCUT2D eigenvalue weighted by Gasteiger charge is -2.33. The number of hydrogen-bond acceptors (Lipinski definition) is 7. The maximum absolute atomic E-state index is 13.1. The summed E-state index contributed by atoms with van der Waals surface area (Å²) in [5.74, 6) is -1.13. The number of aliphatic hydroxyl groups is 3. The number of ether oxygens (including phenoxy) is 1. The van der Waals surface area contributed by atoms with Crippen molar-refractivity contribution in [2.75, 3.05) is 13.7 Å². The number of nitrogens with one attached hydrogen (secondary N) is 2. The minimum Gasteiger partial charge on any atom is -0.387 e. The first-order valence-corrected chi connectivity index (χ1v) is 12.5. The summed E-state index contributed by atoms with van der Waals surface area (Å²) in [4.78, 5) is 28.3. The van der Waals surface area contributed by atoms with Gasteiger partial charge in [-0.05, 0) is 11.0 Å². The molecule has 202 valence electrons. The second-order valence-electron chi connectivity index (χ2n) is 10.6. The van der Waals surface area contributed by atoms with E-state index in [1.165, 1.54) is 13.2 Å². The van der Waals surface area contributed by atoms with E-state index < -0.39 is 36.4 Å². The van der Waals surface area contributed by atoms with Crippen molar-refractivity contribution < 1.29 is 29.6 Å².